The Hall–Kier alpha value is -5.64. The highest BCUT2D eigenvalue weighted by molar-refractivity contribution is 6.36. The molecule has 1 amide bonds. The molecule has 0 atom stereocenters. The number of aliphatic carboxylic acids is 2. The molecular formula is C38H40N2O8. The highest BCUT2D eigenvalue weighted by Gasteiger charge is 2.58. The number of benzene rings is 4. The maximum atomic E-state index is 12.7. The standard InChI is InChI=1S/C38H40N2O8/c1-21-17-26(18-22(2)32(21)47-30-13-9-28(39-8)10-14-30)37(6,7)27-19-23(3)33(24(4)20-27)48-31-15-11-29(12-16-31)40-34(42)38(25(5)41,35(43)44)36(45)46/h9-20,39H,1-8H3,(H,40,42)(H,43,44)(H,45,46). The van der Waals surface area contributed by atoms with Gasteiger partial charge in [-0.2, -0.15) is 0 Å². The van der Waals surface area contributed by atoms with Crippen LogP contribution in [0.25, 0.3) is 0 Å². The van der Waals surface area contributed by atoms with E-state index in [2.05, 4.69) is 48.7 Å². The number of carbonyl (C=O) groups excluding carboxylic acids is 2. The molecule has 4 aromatic carbocycles. The minimum Gasteiger partial charge on any atom is -0.480 e. The van der Waals surface area contributed by atoms with Crippen molar-refractivity contribution in [1.29, 1.82) is 0 Å². The van der Waals surface area contributed by atoms with Crippen LogP contribution in [0, 0.1) is 33.1 Å². The number of anilines is 2. The van der Waals surface area contributed by atoms with Crippen molar-refractivity contribution in [3.8, 4) is 23.0 Å². The lowest BCUT2D eigenvalue weighted by atomic mass is 9.76. The number of carboxylic acids is 2. The summed E-state index contributed by atoms with van der Waals surface area (Å²) >= 11 is 0. The number of amides is 1. The van der Waals surface area contributed by atoms with Gasteiger partial charge in [-0.15, -0.1) is 0 Å². The van der Waals surface area contributed by atoms with Crippen molar-refractivity contribution < 1.29 is 38.9 Å². The Kier molecular flexibility index (Phi) is 9.99. The lowest BCUT2D eigenvalue weighted by Gasteiger charge is -2.29. The number of hydrogen-bond donors (Lipinski definition) is 4. The summed E-state index contributed by atoms with van der Waals surface area (Å²) in [6.07, 6.45) is 0. The summed E-state index contributed by atoms with van der Waals surface area (Å²) in [5.41, 5.74) is 3.61. The molecule has 0 heterocycles. The molecule has 48 heavy (non-hydrogen) atoms. The van der Waals surface area contributed by atoms with E-state index >= 15 is 0 Å². The largest absolute Gasteiger partial charge is 0.480 e. The third-order valence-electron chi connectivity index (χ3n) is 8.57. The Labute approximate surface area is 279 Å². The Bertz CT molecular complexity index is 1810. The Morgan fingerprint density at radius 1 is 0.625 bits per heavy atom. The molecule has 4 rings (SSSR count). The second-order valence-electron chi connectivity index (χ2n) is 12.4. The van der Waals surface area contributed by atoms with E-state index in [1.54, 1.807) is 12.1 Å². The van der Waals surface area contributed by atoms with Crippen LogP contribution in [0.2, 0.25) is 0 Å². The summed E-state index contributed by atoms with van der Waals surface area (Å²) in [4.78, 5) is 47.9. The van der Waals surface area contributed by atoms with Crippen LogP contribution >= 0.6 is 0 Å². The van der Waals surface area contributed by atoms with Gasteiger partial charge in [0.1, 0.15) is 23.0 Å². The minimum absolute atomic E-state index is 0.0970. The maximum absolute atomic E-state index is 12.7. The van der Waals surface area contributed by atoms with Crippen LogP contribution < -0.4 is 20.1 Å². The number of hydrogen-bond acceptors (Lipinski definition) is 7. The maximum Gasteiger partial charge on any atom is 0.338 e. The van der Waals surface area contributed by atoms with Crippen molar-refractivity contribution in [2.75, 3.05) is 17.7 Å². The number of carboxylic acid groups (broad SMARTS) is 2. The highest BCUT2D eigenvalue weighted by Crippen LogP contribution is 2.40. The van der Waals surface area contributed by atoms with E-state index in [-0.39, 0.29) is 11.1 Å². The second-order valence-corrected chi connectivity index (χ2v) is 12.4. The van der Waals surface area contributed by atoms with Gasteiger partial charge in [0.25, 0.3) is 11.3 Å². The summed E-state index contributed by atoms with van der Waals surface area (Å²) in [5.74, 6) is -4.25. The van der Waals surface area contributed by atoms with Crippen LogP contribution in [-0.2, 0) is 24.6 Å². The molecule has 0 aliphatic rings. The van der Waals surface area contributed by atoms with Crippen molar-refractivity contribution in [2.45, 2.75) is 53.9 Å². The smallest absolute Gasteiger partial charge is 0.338 e. The van der Waals surface area contributed by atoms with E-state index in [1.165, 1.54) is 12.1 Å². The average Bonchev–Trinajstić information content (AvgIpc) is 3.01. The number of nitrogens with one attached hydrogen (secondary N) is 2. The number of ketones is 1. The fourth-order valence-electron chi connectivity index (χ4n) is 5.61. The van der Waals surface area contributed by atoms with Crippen molar-refractivity contribution >= 4 is 35.0 Å². The van der Waals surface area contributed by atoms with Crippen molar-refractivity contribution in [3.05, 3.63) is 106 Å². The number of Topliss-reactive ketones (excluding diaryl/α,β-unsaturated/α-hetero) is 1. The number of ether oxygens (including phenoxy) is 2. The molecule has 0 fully saturated rings. The molecular weight excluding hydrogens is 612 g/mol. The fraction of sp³-hybridized carbons (Fsp3) is 0.263. The van der Waals surface area contributed by atoms with Crippen molar-refractivity contribution in [2.24, 2.45) is 5.41 Å². The van der Waals surface area contributed by atoms with Gasteiger partial charge in [-0.25, -0.2) is 9.59 Å². The summed E-state index contributed by atoms with van der Waals surface area (Å²) in [6, 6.07) is 22.3. The van der Waals surface area contributed by atoms with Gasteiger partial charge in [0, 0.05) is 23.8 Å². The van der Waals surface area contributed by atoms with Crippen molar-refractivity contribution in [1.82, 2.24) is 0 Å². The van der Waals surface area contributed by atoms with Crippen LogP contribution in [0.5, 0.6) is 23.0 Å². The van der Waals surface area contributed by atoms with E-state index in [9.17, 15) is 29.4 Å². The molecule has 0 saturated carbocycles. The molecule has 4 aromatic rings. The molecule has 10 nitrogen and oxygen atoms in total. The molecule has 0 spiro atoms. The Morgan fingerprint density at radius 2 is 0.979 bits per heavy atom. The first-order valence-electron chi connectivity index (χ1n) is 15.3. The van der Waals surface area contributed by atoms with Gasteiger partial charge >= 0.3 is 11.9 Å². The van der Waals surface area contributed by atoms with E-state index < -0.39 is 29.0 Å². The van der Waals surface area contributed by atoms with E-state index in [0.29, 0.717) is 11.5 Å². The van der Waals surface area contributed by atoms with Gasteiger partial charge in [-0.1, -0.05) is 38.1 Å². The molecule has 0 aromatic heterocycles. The van der Waals surface area contributed by atoms with E-state index in [1.807, 2.05) is 59.0 Å². The first-order chi connectivity index (χ1) is 22.5. The van der Waals surface area contributed by atoms with Crippen LogP contribution in [0.15, 0.2) is 72.8 Å². The second kappa shape index (κ2) is 13.6. The van der Waals surface area contributed by atoms with Crippen molar-refractivity contribution in [3.63, 3.8) is 0 Å². The Balaban J connectivity index is 1.54. The zero-order valence-corrected chi connectivity index (χ0v) is 28.3. The van der Waals surface area contributed by atoms with Gasteiger partial charge in [0.05, 0.1) is 0 Å². The zero-order chi connectivity index (χ0) is 35.6. The first kappa shape index (κ1) is 35.2. The van der Waals surface area contributed by atoms with Gasteiger partial charge in [0.15, 0.2) is 5.78 Å². The van der Waals surface area contributed by atoms with Crippen LogP contribution in [0.4, 0.5) is 11.4 Å². The average molecular weight is 653 g/mol. The van der Waals surface area contributed by atoms with Crippen LogP contribution in [-0.4, -0.2) is 40.9 Å². The molecule has 250 valence electrons. The lowest BCUT2D eigenvalue weighted by Crippen LogP contribution is -2.54. The van der Waals surface area contributed by atoms with Crippen LogP contribution in [0.1, 0.15) is 54.2 Å². The van der Waals surface area contributed by atoms with Gasteiger partial charge in [0.2, 0.25) is 0 Å². The van der Waals surface area contributed by atoms with Gasteiger partial charge in [-0.3, -0.25) is 9.59 Å². The molecule has 10 heteroatoms. The molecule has 0 unspecified atom stereocenters. The SMILES string of the molecule is CNc1ccc(Oc2c(C)cc(C(C)(C)c3cc(C)c(Oc4ccc(NC(=O)C(C(C)=O)(C(=O)O)C(=O)O)cc4)c(C)c3)cc2C)cc1. The predicted octanol–water partition coefficient (Wildman–Crippen LogP) is 7.56. The molecule has 0 aliphatic heterocycles. The number of carbonyl (C=O) groups is 4. The predicted molar refractivity (Wildman–Crippen MR) is 184 cm³/mol. The summed E-state index contributed by atoms with van der Waals surface area (Å²) in [6.45, 7) is 13.1. The topological polar surface area (TPSA) is 151 Å². The quantitative estimate of drug-likeness (QED) is 0.114. The summed E-state index contributed by atoms with van der Waals surface area (Å²) in [7, 11) is 1.87. The number of aryl methyl sites for hydroxylation is 4. The zero-order valence-electron chi connectivity index (χ0n) is 28.3. The van der Waals surface area contributed by atoms with E-state index in [4.69, 9.17) is 9.47 Å². The molecule has 0 radical (unpaired) electrons. The monoisotopic (exact) mass is 652 g/mol. The lowest BCUT2D eigenvalue weighted by molar-refractivity contribution is -0.169. The minimum atomic E-state index is -3.26. The molecule has 0 bridgehead atoms. The third-order valence-corrected chi connectivity index (χ3v) is 8.57. The molecule has 0 aliphatic carbocycles. The summed E-state index contributed by atoms with van der Waals surface area (Å²) in [5, 5.41) is 24.2. The fourth-order valence-corrected chi connectivity index (χ4v) is 5.61. The molecule has 4 N–H and O–H groups in total. The third kappa shape index (κ3) is 6.73. The Morgan fingerprint density at radius 3 is 1.29 bits per heavy atom. The summed E-state index contributed by atoms with van der Waals surface area (Å²) < 4.78 is 12.5. The molecule has 0 saturated heterocycles. The highest BCUT2D eigenvalue weighted by atomic mass is 16.5. The van der Waals surface area contributed by atoms with Gasteiger partial charge in [-0.05, 0) is 117 Å². The van der Waals surface area contributed by atoms with Crippen LogP contribution in [0.3, 0.4) is 0 Å². The van der Waals surface area contributed by atoms with Gasteiger partial charge < -0.3 is 30.3 Å². The number of rotatable bonds is 12. The first-order valence-corrected chi connectivity index (χ1v) is 15.3. The van der Waals surface area contributed by atoms with E-state index in [0.717, 1.165) is 57.5 Å². The normalized spacial score (nSPS) is 11.4.